The highest BCUT2D eigenvalue weighted by Crippen LogP contribution is 2.32. The number of fused-ring (bicyclic) bond motifs is 1. The summed E-state index contributed by atoms with van der Waals surface area (Å²) in [5.41, 5.74) is 0. The van der Waals surface area contributed by atoms with Crippen molar-refractivity contribution in [2.75, 3.05) is 0 Å². The Hall–Kier alpha value is -2.41. The summed E-state index contributed by atoms with van der Waals surface area (Å²) in [6.45, 7) is 0. The average molecular weight is 286 g/mol. The van der Waals surface area contributed by atoms with Crippen LogP contribution in [0.1, 0.15) is 0 Å². The topological polar surface area (TPSA) is 73.8 Å². The van der Waals surface area contributed by atoms with Crippen molar-refractivity contribution in [3.8, 4) is 0 Å². The Balaban J connectivity index is 2.03. The van der Waals surface area contributed by atoms with E-state index in [4.69, 9.17) is 0 Å². The molecule has 0 unspecified atom stereocenters. The van der Waals surface area contributed by atoms with Crippen molar-refractivity contribution in [3.05, 3.63) is 52.6 Å². The molecule has 0 N–H and O–H groups in total. The second kappa shape index (κ2) is 4.93. The van der Waals surface area contributed by atoms with Crippen LogP contribution in [-0.4, -0.2) is 19.7 Å². The molecule has 1 heterocycles. The Labute approximate surface area is 118 Å². The molecule has 100 valence electrons. The molecule has 0 amide bonds. The van der Waals surface area contributed by atoms with Crippen LogP contribution in [0.2, 0.25) is 0 Å². The molecule has 1 aromatic heterocycles. The van der Waals surface area contributed by atoms with Gasteiger partial charge in [0.25, 0.3) is 5.16 Å². The van der Waals surface area contributed by atoms with Gasteiger partial charge in [-0.05, 0) is 38.5 Å². The monoisotopic (exact) mass is 286 g/mol. The number of aromatic nitrogens is 3. The molecular formula is C13H10N4O2S. The van der Waals surface area contributed by atoms with E-state index >= 15 is 0 Å². The summed E-state index contributed by atoms with van der Waals surface area (Å²) in [6.07, 6.45) is 0. The average Bonchev–Trinajstić information content (AvgIpc) is 2.81. The number of rotatable bonds is 3. The van der Waals surface area contributed by atoms with Gasteiger partial charge in [-0.2, -0.15) is 4.68 Å². The highest BCUT2D eigenvalue weighted by Gasteiger charge is 2.20. The highest BCUT2D eigenvalue weighted by molar-refractivity contribution is 7.99. The second-order valence-corrected chi connectivity index (χ2v) is 5.16. The predicted octanol–water partition coefficient (Wildman–Crippen LogP) is 3.03. The van der Waals surface area contributed by atoms with E-state index in [1.165, 1.54) is 16.4 Å². The van der Waals surface area contributed by atoms with Crippen LogP contribution in [0.15, 0.2) is 52.5 Å². The molecule has 0 aliphatic carbocycles. The zero-order valence-electron chi connectivity index (χ0n) is 10.6. The molecule has 7 heteroatoms. The van der Waals surface area contributed by atoms with Gasteiger partial charge in [0.2, 0.25) is 0 Å². The van der Waals surface area contributed by atoms with Gasteiger partial charge < -0.3 is 10.1 Å². The van der Waals surface area contributed by atoms with E-state index in [0.717, 1.165) is 15.7 Å². The SMILES string of the molecule is Cn1nc([N+](=O)[O-])nc1Sc1cccc2ccccc12. The number of hydrogen-bond donors (Lipinski definition) is 0. The number of aryl methyl sites for hydroxylation is 1. The lowest BCUT2D eigenvalue weighted by atomic mass is 10.1. The Kier molecular flexibility index (Phi) is 3.11. The van der Waals surface area contributed by atoms with Gasteiger partial charge in [-0.15, -0.1) is 0 Å². The standard InChI is InChI=1S/C13H10N4O2S/c1-16-13(14-12(15-16)17(18)19)20-11-8-4-6-9-5-2-3-7-10(9)11/h2-8H,1H3. The first-order valence-corrected chi connectivity index (χ1v) is 6.68. The summed E-state index contributed by atoms with van der Waals surface area (Å²) in [7, 11) is 1.65. The minimum atomic E-state index is -0.590. The van der Waals surface area contributed by atoms with Crippen molar-refractivity contribution >= 4 is 28.5 Å². The number of hydrogen-bond acceptors (Lipinski definition) is 5. The molecule has 0 saturated carbocycles. The minimum Gasteiger partial charge on any atom is -0.390 e. The van der Waals surface area contributed by atoms with Crippen molar-refractivity contribution in [1.29, 1.82) is 0 Å². The smallest absolute Gasteiger partial charge is 0.390 e. The Morgan fingerprint density at radius 1 is 1.20 bits per heavy atom. The molecule has 6 nitrogen and oxygen atoms in total. The lowest BCUT2D eigenvalue weighted by molar-refractivity contribution is -0.394. The van der Waals surface area contributed by atoms with Crippen molar-refractivity contribution in [1.82, 2.24) is 14.8 Å². The van der Waals surface area contributed by atoms with Gasteiger partial charge in [0.05, 0.1) is 0 Å². The van der Waals surface area contributed by atoms with Crippen LogP contribution in [-0.2, 0) is 7.05 Å². The van der Waals surface area contributed by atoms with E-state index in [2.05, 4.69) is 10.1 Å². The number of nitro groups is 1. The minimum absolute atomic E-state index is 0.379. The molecule has 3 aromatic rings. The van der Waals surface area contributed by atoms with Gasteiger partial charge in [0.1, 0.15) is 0 Å². The van der Waals surface area contributed by atoms with Crippen LogP contribution in [0.5, 0.6) is 0 Å². The maximum Gasteiger partial charge on any atom is 0.492 e. The summed E-state index contributed by atoms with van der Waals surface area (Å²) < 4.78 is 1.42. The molecule has 0 fully saturated rings. The Morgan fingerprint density at radius 3 is 2.70 bits per heavy atom. The maximum atomic E-state index is 10.7. The Bertz CT molecular complexity index is 795. The third-order valence-corrected chi connectivity index (χ3v) is 3.94. The van der Waals surface area contributed by atoms with Crippen LogP contribution in [0.3, 0.4) is 0 Å². The third-order valence-electron chi connectivity index (χ3n) is 2.83. The summed E-state index contributed by atoms with van der Waals surface area (Å²) in [5.74, 6) is -0.379. The normalized spacial score (nSPS) is 10.8. The zero-order valence-corrected chi connectivity index (χ0v) is 11.4. The largest absolute Gasteiger partial charge is 0.492 e. The van der Waals surface area contributed by atoms with Crippen molar-refractivity contribution < 1.29 is 4.92 Å². The number of benzene rings is 2. The van der Waals surface area contributed by atoms with Gasteiger partial charge >= 0.3 is 5.95 Å². The van der Waals surface area contributed by atoms with E-state index in [1.807, 2.05) is 42.5 Å². The molecule has 0 bridgehead atoms. The molecule has 0 spiro atoms. The zero-order chi connectivity index (χ0) is 14.1. The van der Waals surface area contributed by atoms with Gasteiger partial charge in [0.15, 0.2) is 0 Å². The molecule has 0 aliphatic heterocycles. The van der Waals surface area contributed by atoms with Crippen molar-refractivity contribution in [3.63, 3.8) is 0 Å². The first kappa shape index (κ1) is 12.6. The van der Waals surface area contributed by atoms with Gasteiger partial charge in [-0.3, -0.25) is 0 Å². The molecule has 20 heavy (non-hydrogen) atoms. The molecule has 3 rings (SSSR count). The van der Waals surface area contributed by atoms with Crippen LogP contribution in [0.25, 0.3) is 10.8 Å². The van der Waals surface area contributed by atoms with Crippen LogP contribution < -0.4 is 0 Å². The van der Waals surface area contributed by atoms with Crippen molar-refractivity contribution in [2.24, 2.45) is 7.05 Å². The van der Waals surface area contributed by atoms with E-state index < -0.39 is 4.92 Å². The number of nitrogens with zero attached hydrogens (tertiary/aromatic N) is 4. The first-order chi connectivity index (χ1) is 9.65. The fraction of sp³-hybridized carbons (Fsp3) is 0.0769. The van der Waals surface area contributed by atoms with Gasteiger partial charge in [-0.25, -0.2) is 0 Å². The summed E-state index contributed by atoms with van der Waals surface area (Å²) in [4.78, 5) is 15.0. The molecule has 0 radical (unpaired) electrons. The molecular weight excluding hydrogens is 276 g/mol. The molecule has 0 saturated heterocycles. The van der Waals surface area contributed by atoms with Crippen LogP contribution >= 0.6 is 11.8 Å². The summed E-state index contributed by atoms with van der Waals surface area (Å²) >= 11 is 1.37. The van der Waals surface area contributed by atoms with Gasteiger partial charge in [0, 0.05) is 17.0 Å². The fourth-order valence-corrected chi connectivity index (χ4v) is 2.85. The van der Waals surface area contributed by atoms with Crippen molar-refractivity contribution in [2.45, 2.75) is 10.1 Å². The summed E-state index contributed by atoms with van der Waals surface area (Å²) in [6, 6.07) is 13.9. The molecule has 0 atom stereocenters. The van der Waals surface area contributed by atoms with E-state index in [1.54, 1.807) is 7.05 Å². The van der Waals surface area contributed by atoms with Crippen LogP contribution in [0, 0.1) is 10.1 Å². The lowest BCUT2D eigenvalue weighted by Gasteiger charge is -2.03. The fourth-order valence-electron chi connectivity index (χ4n) is 1.91. The van der Waals surface area contributed by atoms with E-state index in [0.29, 0.717) is 5.16 Å². The van der Waals surface area contributed by atoms with Crippen LogP contribution in [0.4, 0.5) is 5.95 Å². The summed E-state index contributed by atoms with van der Waals surface area (Å²) in [5, 5.41) is 17.2. The molecule has 2 aromatic carbocycles. The predicted molar refractivity (Wildman–Crippen MR) is 75.7 cm³/mol. The first-order valence-electron chi connectivity index (χ1n) is 5.86. The highest BCUT2D eigenvalue weighted by atomic mass is 32.2. The van der Waals surface area contributed by atoms with E-state index in [-0.39, 0.29) is 5.95 Å². The van der Waals surface area contributed by atoms with E-state index in [9.17, 15) is 10.1 Å². The molecule has 0 aliphatic rings. The Morgan fingerprint density at radius 2 is 1.95 bits per heavy atom. The maximum absolute atomic E-state index is 10.7. The quantitative estimate of drug-likeness (QED) is 0.546. The van der Waals surface area contributed by atoms with Gasteiger partial charge in [-0.1, -0.05) is 36.4 Å². The second-order valence-electron chi connectivity index (χ2n) is 4.15. The lowest BCUT2D eigenvalue weighted by Crippen LogP contribution is -1.94. The third kappa shape index (κ3) is 2.23.